The molecule has 30 heavy (non-hydrogen) atoms. The van der Waals surface area contributed by atoms with E-state index in [2.05, 4.69) is 12.2 Å². The van der Waals surface area contributed by atoms with Gasteiger partial charge in [0, 0.05) is 36.6 Å². The second-order valence-electron chi connectivity index (χ2n) is 7.61. The van der Waals surface area contributed by atoms with Crippen LogP contribution in [0.5, 0.6) is 5.75 Å². The van der Waals surface area contributed by atoms with Crippen LogP contribution in [0.3, 0.4) is 0 Å². The highest BCUT2D eigenvalue weighted by atomic mass is 16.5. The molecule has 0 aliphatic heterocycles. The fourth-order valence-corrected chi connectivity index (χ4v) is 3.04. The number of hydrogen-bond donors (Lipinski definition) is 3. The first kappa shape index (κ1) is 25.8. The molecule has 0 aromatic heterocycles. The average Bonchev–Trinajstić information content (AvgIpc) is 2.73. The summed E-state index contributed by atoms with van der Waals surface area (Å²) in [4.78, 5) is 12.0. The number of ketones is 1. The van der Waals surface area contributed by atoms with Gasteiger partial charge in [0.05, 0.1) is 6.61 Å². The molecule has 0 radical (unpaired) electrons. The Balaban J connectivity index is 2.34. The van der Waals surface area contributed by atoms with Crippen molar-refractivity contribution >= 4 is 11.5 Å². The number of carbonyl (C=O) groups is 1. The maximum atomic E-state index is 12.0. The van der Waals surface area contributed by atoms with Crippen molar-refractivity contribution in [2.45, 2.75) is 71.6 Å². The highest BCUT2D eigenvalue weighted by molar-refractivity contribution is 6.03. The molecule has 0 aliphatic rings. The van der Waals surface area contributed by atoms with E-state index in [0.29, 0.717) is 30.8 Å². The SMILES string of the molecule is CCCCCCCCCCOc1ccc(/C(O)=C/C(=O)/C=C(\C)NCCCO)cc1. The van der Waals surface area contributed by atoms with Crippen LogP contribution in [0.15, 0.2) is 42.1 Å². The lowest BCUT2D eigenvalue weighted by Gasteiger charge is -2.07. The highest BCUT2D eigenvalue weighted by Crippen LogP contribution is 2.18. The standard InChI is InChI=1S/C25H39NO4/c1-3-4-5-6-7-8-9-10-18-30-24-14-12-22(13-15-24)25(29)20-23(28)19-21(2)26-16-11-17-27/h12-15,19-20,26-27,29H,3-11,16-18H2,1-2H3/b21-19+,25-20-. The van der Waals surface area contributed by atoms with Gasteiger partial charge in [-0.1, -0.05) is 51.9 Å². The van der Waals surface area contributed by atoms with Gasteiger partial charge in [0.15, 0.2) is 5.78 Å². The van der Waals surface area contributed by atoms with Crippen LogP contribution in [0.2, 0.25) is 0 Å². The molecule has 0 bridgehead atoms. The maximum absolute atomic E-state index is 12.0. The number of nitrogens with one attached hydrogen (secondary N) is 1. The van der Waals surface area contributed by atoms with E-state index in [9.17, 15) is 9.90 Å². The summed E-state index contributed by atoms with van der Waals surface area (Å²) in [5.74, 6) is 0.398. The zero-order valence-corrected chi connectivity index (χ0v) is 18.7. The number of allylic oxidation sites excluding steroid dienone is 3. The molecular formula is C25H39NO4. The first-order valence-electron chi connectivity index (χ1n) is 11.3. The van der Waals surface area contributed by atoms with Gasteiger partial charge in [0.2, 0.25) is 0 Å². The number of carbonyl (C=O) groups excluding carboxylic acids is 1. The smallest absolute Gasteiger partial charge is 0.184 e. The molecule has 1 aromatic rings. The van der Waals surface area contributed by atoms with Crippen molar-refractivity contribution in [3.8, 4) is 5.75 Å². The van der Waals surface area contributed by atoms with Gasteiger partial charge in [0.1, 0.15) is 11.5 Å². The van der Waals surface area contributed by atoms with Gasteiger partial charge in [0.25, 0.3) is 0 Å². The van der Waals surface area contributed by atoms with Crippen molar-refractivity contribution in [3.05, 3.63) is 47.7 Å². The molecule has 0 heterocycles. The first-order chi connectivity index (χ1) is 14.6. The van der Waals surface area contributed by atoms with Gasteiger partial charge in [-0.2, -0.15) is 0 Å². The number of unbranched alkanes of at least 4 members (excludes halogenated alkanes) is 7. The molecule has 168 valence electrons. The van der Waals surface area contributed by atoms with Crippen LogP contribution >= 0.6 is 0 Å². The number of aliphatic hydroxyl groups excluding tert-OH is 2. The second-order valence-corrected chi connectivity index (χ2v) is 7.61. The lowest BCUT2D eigenvalue weighted by atomic mass is 10.1. The van der Waals surface area contributed by atoms with Crippen molar-refractivity contribution in [2.24, 2.45) is 0 Å². The van der Waals surface area contributed by atoms with Crippen LogP contribution in [0.25, 0.3) is 5.76 Å². The molecule has 1 aromatic carbocycles. The number of benzene rings is 1. The lowest BCUT2D eigenvalue weighted by Crippen LogP contribution is -2.14. The minimum absolute atomic E-state index is 0.0750. The summed E-state index contributed by atoms with van der Waals surface area (Å²) < 4.78 is 5.76. The fraction of sp³-hybridized carbons (Fsp3) is 0.560. The zero-order valence-electron chi connectivity index (χ0n) is 18.7. The van der Waals surface area contributed by atoms with Crippen molar-refractivity contribution < 1.29 is 19.7 Å². The summed E-state index contributed by atoms with van der Waals surface area (Å²) in [6, 6.07) is 7.12. The van der Waals surface area contributed by atoms with E-state index in [-0.39, 0.29) is 18.1 Å². The summed E-state index contributed by atoms with van der Waals surface area (Å²) in [7, 11) is 0. The minimum atomic E-state index is -0.295. The van der Waals surface area contributed by atoms with E-state index in [1.807, 2.05) is 12.1 Å². The molecule has 0 saturated heterocycles. The fourth-order valence-electron chi connectivity index (χ4n) is 3.04. The lowest BCUT2D eigenvalue weighted by molar-refractivity contribution is -0.110. The number of rotatable bonds is 17. The zero-order chi connectivity index (χ0) is 22.0. The maximum Gasteiger partial charge on any atom is 0.184 e. The molecule has 0 saturated carbocycles. The predicted octanol–water partition coefficient (Wildman–Crippen LogP) is 5.55. The number of hydrogen-bond acceptors (Lipinski definition) is 5. The Morgan fingerprint density at radius 1 is 0.967 bits per heavy atom. The minimum Gasteiger partial charge on any atom is -0.507 e. The summed E-state index contributed by atoms with van der Waals surface area (Å²) in [6.07, 6.45) is 13.4. The van der Waals surface area contributed by atoms with Gasteiger partial charge in [-0.3, -0.25) is 4.79 Å². The quantitative estimate of drug-likeness (QED) is 0.176. The van der Waals surface area contributed by atoms with Gasteiger partial charge in [-0.05, 0) is 44.0 Å². The van der Waals surface area contributed by atoms with Crippen LogP contribution in [-0.2, 0) is 4.79 Å². The Morgan fingerprint density at radius 2 is 1.60 bits per heavy atom. The van der Waals surface area contributed by atoms with E-state index in [4.69, 9.17) is 9.84 Å². The normalized spacial score (nSPS) is 12.1. The Kier molecular flexibility index (Phi) is 14.2. The molecular weight excluding hydrogens is 378 g/mol. The van der Waals surface area contributed by atoms with Crippen molar-refractivity contribution in [1.29, 1.82) is 0 Å². The van der Waals surface area contributed by atoms with E-state index >= 15 is 0 Å². The van der Waals surface area contributed by atoms with Gasteiger partial charge >= 0.3 is 0 Å². The first-order valence-corrected chi connectivity index (χ1v) is 11.3. The third-order valence-corrected chi connectivity index (χ3v) is 4.79. The summed E-state index contributed by atoms with van der Waals surface area (Å²) in [5, 5.41) is 22.0. The molecule has 5 heteroatoms. The predicted molar refractivity (Wildman–Crippen MR) is 124 cm³/mol. The Bertz CT molecular complexity index is 650. The Morgan fingerprint density at radius 3 is 2.23 bits per heavy atom. The Labute approximate surface area is 181 Å². The van der Waals surface area contributed by atoms with Crippen molar-refractivity contribution in [3.63, 3.8) is 0 Å². The van der Waals surface area contributed by atoms with E-state index < -0.39 is 0 Å². The molecule has 0 atom stereocenters. The largest absolute Gasteiger partial charge is 0.507 e. The van der Waals surface area contributed by atoms with Crippen LogP contribution in [0.1, 0.15) is 77.2 Å². The summed E-state index contributed by atoms with van der Waals surface area (Å²) in [5.41, 5.74) is 1.27. The monoisotopic (exact) mass is 417 g/mol. The summed E-state index contributed by atoms with van der Waals surface area (Å²) >= 11 is 0. The van der Waals surface area contributed by atoms with E-state index in [1.54, 1.807) is 19.1 Å². The number of aliphatic hydroxyl groups is 2. The molecule has 0 amide bonds. The Hall–Kier alpha value is -2.27. The van der Waals surface area contributed by atoms with Gasteiger partial charge < -0.3 is 20.3 Å². The molecule has 0 fully saturated rings. The highest BCUT2D eigenvalue weighted by Gasteiger charge is 2.03. The molecule has 3 N–H and O–H groups in total. The van der Waals surface area contributed by atoms with Gasteiger partial charge in [-0.25, -0.2) is 0 Å². The van der Waals surface area contributed by atoms with E-state index in [0.717, 1.165) is 12.2 Å². The molecule has 1 rings (SSSR count). The number of ether oxygens (including phenoxy) is 1. The second kappa shape index (κ2) is 16.5. The third kappa shape index (κ3) is 12.3. The van der Waals surface area contributed by atoms with E-state index in [1.165, 1.54) is 57.1 Å². The topological polar surface area (TPSA) is 78.8 Å². The molecule has 0 spiro atoms. The van der Waals surface area contributed by atoms with Crippen molar-refractivity contribution in [2.75, 3.05) is 19.8 Å². The van der Waals surface area contributed by atoms with Crippen LogP contribution in [0.4, 0.5) is 0 Å². The average molecular weight is 418 g/mol. The summed E-state index contributed by atoms with van der Waals surface area (Å²) in [6.45, 7) is 5.41. The third-order valence-electron chi connectivity index (χ3n) is 4.79. The molecule has 5 nitrogen and oxygen atoms in total. The molecule has 0 aliphatic carbocycles. The van der Waals surface area contributed by atoms with Crippen LogP contribution in [-0.4, -0.2) is 35.8 Å². The van der Waals surface area contributed by atoms with Crippen LogP contribution < -0.4 is 10.1 Å². The van der Waals surface area contributed by atoms with Crippen molar-refractivity contribution in [1.82, 2.24) is 5.32 Å². The van der Waals surface area contributed by atoms with Gasteiger partial charge in [-0.15, -0.1) is 0 Å². The molecule has 0 unspecified atom stereocenters. The van der Waals surface area contributed by atoms with Crippen LogP contribution in [0, 0.1) is 0 Å².